The number of benzene rings is 2. The summed E-state index contributed by atoms with van der Waals surface area (Å²) in [7, 11) is 0. The Morgan fingerprint density at radius 3 is 2.59 bits per heavy atom. The zero-order valence-corrected chi connectivity index (χ0v) is 12.2. The summed E-state index contributed by atoms with van der Waals surface area (Å²) in [5, 5.41) is 0.930. The van der Waals surface area contributed by atoms with Crippen molar-refractivity contribution in [3.63, 3.8) is 0 Å². The molecular formula is C18H15NO3. The minimum absolute atomic E-state index is 0.416. The van der Waals surface area contributed by atoms with Gasteiger partial charge in [0.1, 0.15) is 11.3 Å². The molecule has 0 saturated heterocycles. The lowest BCUT2D eigenvalue weighted by Gasteiger charge is -2.08. The van der Waals surface area contributed by atoms with Gasteiger partial charge in [0.05, 0.1) is 12.2 Å². The molecule has 0 aliphatic rings. The van der Waals surface area contributed by atoms with Crippen LogP contribution in [0.15, 0.2) is 60.8 Å². The van der Waals surface area contributed by atoms with Gasteiger partial charge in [-0.05, 0) is 43.3 Å². The number of pyridine rings is 1. The topological polar surface area (TPSA) is 48.4 Å². The number of aromatic nitrogens is 1. The average molecular weight is 293 g/mol. The number of nitrogens with zero attached hydrogens (tertiary/aromatic N) is 1. The first-order valence-electron chi connectivity index (χ1n) is 7.06. The number of hydrogen-bond acceptors (Lipinski definition) is 4. The molecular weight excluding hydrogens is 278 g/mol. The molecule has 1 aromatic heterocycles. The fraction of sp³-hybridized carbons (Fsp3) is 0.111. The summed E-state index contributed by atoms with van der Waals surface area (Å²) in [5.74, 6) is 0.768. The molecule has 2 aromatic carbocycles. The summed E-state index contributed by atoms with van der Waals surface area (Å²) >= 11 is 0. The van der Waals surface area contributed by atoms with E-state index in [0.29, 0.717) is 23.4 Å². The highest BCUT2D eigenvalue weighted by Crippen LogP contribution is 2.24. The van der Waals surface area contributed by atoms with Crippen LogP contribution in [0.1, 0.15) is 17.3 Å². The first-order valence-corrected chi connectivity index (χ1v) is 7.06. The standard InChI is InChI=1S/C18H15NO3/c1-2-21-15-10-8-14(9-11-15)18(20)22-16-7-3-5-13-6-4-12-19-17(13)16/h3-12H,2H2,1H3. The number of hydrogen-bond donors (Lipinski definition) is 0. The van der Waals surface area contributed by atoms with Crippen molar-refractivity contribution in [2.75, 3.05) is 6.61 Å². The smallest absolute Gasteiger partial charge is 0.343 e. The number of fused-ring (bicyclic) bond motifs is 1. The van der Waals surface area contributed by atoms with Gasteiger partial charge in [-0.3, -0.25) is 4.98 Å². The molecule has 0 aliphatic carbocycles. The molecule has 0 radical (unpaired) electrons. The summed E-state index contributed by atoms with van der Waals surface area (Å²) < 4.78 is 10.8. The number of para-hydroxylation sites is 1. The number of ether oxygens (including phenoxy) is 2. The largest absolute Gasteiger partial charge is 0.494 e. The first kappa shape index (κ1) is 14.1. The molecule has 0 amide bonds. The van der Waals surface area contributed by atoms with Gasteiger partial charge in [0.2, 0.25) is 0 Å². The van der Waals surface area contributed by atoms with E-state index in [1.54, 1.807) is 36.5 Å². The van der Waals surface area contributed by atoms with Crippen LogP contribution in [0.5, 0.6) is 11.5 Å². The highest BCUT2D eigenvalue weighted by Gasteiger charge is 2.11. The molecule has 3 rings (SSSR count). The van der Waals surface area contributed by atoms with E-state index < -0.39 is 5.97 Å². The lowest BCUT2D eigenvalue weighted by atomic mass is 10.2. The molecule has 4 heteroatoms. The molecule has 22 heavy (non-hydrogen) atoms. The van der Waals surface area contributed by atoms with Crippen LogP contribution in [0.2, 0.25) is 0 Å². The molecule has 0 bridgehead atoms. The van der Waals surface area contributed by atoms with Crippen LogP contribution in [0.25, 0.3) is 10.9 Å². The summed E-state index contributed by atoms with van der Waals surface area (Å²) in [4.78, 5) is 16.5. The number of esters is 1. The molecule has 4 nitrogen and oxygen atoms in total. The van der Waals surface area contributed by atoms with Crippen molar-refractivity contribution in [3.8, 4) is 11.5 Å². The van der Waals surface area contributed by atoms with Crippen molar-refractivity contribution < 1.29 is 14.3 Å². The monoisotopic (exact) mass is 293 g/mol. The van der Waals surface area contributed by atoms with Gasteiger partial charge < -0.3 is 9.47 Å². The third-order valence-electron chi connectivity index (χ3n) is 3.20. The number of carbonyl (C=O) groups is 1. The van der Waals surface area contributed by atoms with Crippen molar-refractivity contribution >= 4 is 16.9 Å². The van der Waals surface area contributed by atoms with E-state index in [-0.39, 0.29) is 0 Å². The normalized spacial score (nSPS) is 10.4. The predicted molar refractivity (Wildman–Crippen MR) is 84.3 cm³/mol. The SMILES string of the molecule is CCOc1ccc(C(=O)Oc2cccc3cccnc23)cc1. The zero-order valence-electron chi connectivity index (χ0n) is 12.2. The Labute approximate surface area is 128 Å². The van der Waals surface area contributed by atoms with Gasteiger partial charge >= 0.3 is 5.97 Å². The highest BCUT2D eigenvalue weighted by atomic mass is 16.5. The minimum Gasteiger partial charge on any atom is -0.494 e. The van der Waals surface area contributed by atoms with Crippen LogP contribution in [0.4, 0.5) is 0 Å². The van der Waals surface area contributed by atoms with Crippen molar-refractivity contribution in [2.24, 2.45) is 0 Å². The van der Waals surface area contributed by atoms with Crippen molar-refractivity contribution in [1.82, 2.24) is 4.98 Å². The molecule has 1 heterocycles. The number of rotatable bonds is 4. The van der Waals surface area contributed by atoms with Gasteiger partial charge in [-0.25, -0.2) is 4.79 Å². The van der Waals surface area contributed by atoms with E-state index in [4.69, 9.17) is 9.47 Å². The van der Waals surface area contributed by atoms with Crippen LogP contribution in [0.3, 0.4) is 0 Å². The van der Waals surface area contributed by atoms with Crippen molar-refractivity contribution in [2.45, 2.75) is 6.92 Å². The lowest BCUT2D eigenvalue weighted by Crippen LogP contribution is -2.09. The number of carbonyl (C=O) groups excluding carboxylic acids is 1. The Hall–Kier alpha value is -2.88. The third-order valence-corrected chi connectivity index (χ3v) is 3.20. The second kappa shape index (κ2) is 6.26. The maximum absolute atomic E-state index is 12.2. The fourth-order valence-corrected chi connectivity index (χ4v) is 2.17. The van der Waals surface area contributed by atoms with Gasteiger partial charge in [-0.1, -0.05) is 18.2 Å². The van der Waals surface area contributed by atoms with Crippen LogP contribution in [-0.2, 0) is 0 Å². The van der Waals surface area contributed by atoms with E-state index in [1.807, 2.05) is 31.2 Å². The van der Waals surface area contributed by atoms with Crippen LogP contribution < -0.4 is 9.47 Å². The third kappa shape index (κ3) is 2.91. The Morgan fingerprint density at radius 1 is 1.05 bits per heavy atom. The van der Waals surface area contributed by atoms with Crippen molar-refractivity contribution in [1.29, 1.82) is 0 Å². The van der Waals surface area contributed by atoms with E-state index in [2.05, 4.69) is 4.98 Å². The van der Waals surface area contributed by atoms with E-state index in [1.165, 1.54) is 0 Å². The Kier molecular flexibility index (Phi) is 4.01. The van der Waals surface area contributed by atoms with Crippen LogP contribution in [-0.4, -0.2) is 17.6 Å². The van der Waals surface area contributed by atoms with Gasteiger partial charge in [-0.15, -0.1) is 0 Å². The van der Waals surface area contributed by atoms with Crippen LogP contribution in [0, 0.1) is 0 Å². The molecule has 0 spiro atoms. The van der Waals surface area contributed by atoms with E-state index in [0.717, 1.165) is 11.1 Å². The minimum atomic E-state index is -0.416. The van der Waals surface area contributed by atoms with E-state index in [9.17, 15) is 4.79 Å². The van der Waals surface area contributed by atoms with Crippen LogP contribution >= 0.6 is 0 Å². The molecule has 0 fully saturated rings. The maximum Gasteiger partial charge on any atom is 0.343 e. The summed E-state index contributed by atoms with van der Waals surface area (Å²) in [6.07, 6.45) is 1.68. The Morgan fingerprint density at radius 2 is 1.82 bits per heavy atom. The van der Waals surface area contributed by atoms with Crippen molar-refractivity contribution in [3.05, 3.63) is 66.4 Å². The fourth-order valence-electron chi connectivity index (χ4n) is 2.17. The van der Waals surface area contributed by atoms with Gasteiger partial charge in [-0.2, -0.15) is 0 Å². The van der Waals surface area contributed by atoms with Gasteiger partial charge in [0.25, 0.3) is 0 Å². The highest BCUT2D eigenvalue weighted by molar-refractivity contribution is 5.94. The molecule has 0 N–H and O–H groups in total. The molecule has 0 saturated carbocycles. The van der Waals surface area contributed by atoms with Gasteiger partial charge in [0, 0.05) is 11.6 Å². The average Bonchev–Trinajstić information content (AvgIpc) is 2.56. The molecule has 110 valence electrons. The molecule has 0 unspecified atom stereocenters. The molecule has 0 atom stereocenters. The maximum atomic E-state index is 12.2. The summed E-state index contributed by atoms with van der Waals surface area (Å²) in [6, 6.07) is 16.2. The van der Waals surface area contributed by atoms with E-state index >= 15 is 0 Å². The zero-order chi connectivity index (χ0) is 15.4. The Bertz CT molecular complexity index is 792. The second-order valence-corrected chi connectivity index (χ2v) is 4.68. The molecule has 0 aliphatic heterocycles. The predicted octanol–water partition coefficient (Wildman–Crippen LogP) is 3.85. The summed E-state index contributed by atoms with van der Waals surface area (Å²) in [6.45, 7) is 2.50. The second-order valence-electron chi connectivity index (χ2n) is 4.68. The Balaban J connectivity index is 1.83. The summed E-state index contributed by atoms with van der Waals surface area (Å²) in [5.41, 5.74) is 1.14. The quantitative estimate of drug-likeness (QED) is 0.541. The first-order chi connectivity index (χ1) is 10.8. The lowest BCUT2D eigenvalue weighted by molar-refractivity contribution is 0.0737. The van der Waals surface area contributed by atoms with Gasteiger partial charge in [0.15, 0.2) is 5.75 Å². The molecule has 3 aromatic rings.